The molecule has 1 fully saturated rings. The fourth-order valence-corrected chi connectivity index (χ4v) is 3.37. The molecular formula is C19H20FN5. The third-order valence-corrected chi connectivity index (χ3v) is 4.58. The number of hydrogen-bond donors (Lipinski definition) is 0. The molecule has 6 heteroatoms. The molecule has 128 valence electrons. The third-order valence-electron chi connectivity index (χ3n) is 4.58. The fourth-order valence-electron chi connectivity index (χ4n) is 3.37. The zero-order valence-corrected chi connectivity index (χ0v) is 14.4. The van der Waals surface area contributed by atoms with Gasteiger partial charge in [-0.1, -0.05) is 0 Å². The van der Waals surface area contributed by atoms with Crippen molar-refractivity contribution >= 4 is 22.4 Å². The number of aryl methyl sites for hydroxylation is 2. The Labute approximate surface area is 146 Å². The lowest BCUT2D eigenvalue weighted by Crippen LogP contribution is -2.47. The number of anilines is 2. The number of rotatable bonds is 2. The Balaban J connectivity index is 1.60. The number of pyridine rings is 1. The van der Waals surface area contributed by atoms with Gasteiger partial charge in [0.05, 0.1) is 5.52 Å². The van der Waals surface area contributed by atoms with Crippen LogP contribution in [-0.2, 0) is 0 Å². The van der Waals surface area contributed by atoms with Crippen LogP contribution in [0.15, 0.2) is 36.5 Å². The van der Waals surface area contributed by atoms with Crippen molar-refractivity contribution in [3.8, 4) is 0 Å². The lowest BCUT2D eigenvalue weighted by Gasteiger charge is -2.37. The van der Waals surface area contributed by atoms with E-state index < -0.39 is 0 Å². The van der Waals surface area contributed by atoms with Crippen molar-refractivity contribution in [2.45, 2.75) is 13.8 Å². The maximum atomic E-state index is 13.7. The van der Waals surface area contributed by atoms with Gasteiger partial charge in [0.15, 0.2) is 0 Å². The van der Waals surface area contributed by atoms with E-state index in [0.717, 1.165) is 60.1 Å². The minimum Gasteiger partial charge on any atom is -0.367 e. The Kier molecular flexibility index (Phi) is 3.95. The second kappa shape index (κ2) is 6.27. The van der Waals surface area contributed by atoms with Crippen LogP contribution < -0.4 is 9.80 Å². The molecule has 3 heterocycles. The predicted molar refractivity (Wildman–Crippen MR) is 97.6 cm³/mol. The molecule has 3 aromatic rings. The highest BCUT2D eigenvalue weighted by Gasteiger charge is 2.20. The van der Waals surface area contributed by atoms with Crippen LogP contribution in [0.3, 0.4) is 0 Å². The van der Waals surface area contributed by atoms with Crippen LogP contribution in [-0.4, -0.2) is 41.1 Å². The van der Waals surface area contributed by atoms with Gasteiger partial charge >= 0.3 is 0 Å². The average Bonchev–Trinajstić information content (AvgIpc) is 2.62. The van der Waals surface area contributed by atoms with E-state index in [1.807, 2.05) is 26.0 Å². The summed E-state index contributed by atoms with van der Waals surface area (Å²) >= 11 is 0. The Morgan fingerprint density at radius 3 is 2.44 bits per heavy atom. The highest BCUT2D eigenvalue weighted by molar-refractivity contribution is 5.92. The van der Waals surface area contributed by atoms with Gasteiger partial charge < -0.3 is 9.80 Å². The summed E-state index contributed by atoms with van der Waals surface area (Å²) in [5, 5.41) is 0.872. The molecule has 0 unspecified atom stereocenters. The van der Waals surface area contributed by atoms with Gasteiger partial charge in [-0.25, -0.2) is 14.4 Å². The number of nitrogens with zero attached hydrogens (tertiary/aromatic N) is 5. The largest absolute Gasteiger partial charge is 0.367 e. The molecule has 1 saturated heterocycles. The summed E-state index contributed by atoms with van der Waals surface area (Å²) in [7, 11) is 0. The van der Waals surface area contributed by atoms with Gasteiger partial charge in [0.2, 0.25) is 0 Å². The van der Waals surface area contributed by atoms with Crippen LogP contribution >= 0.6 is 0 Å². The quantitative estimate of drug-likeness (QED) is 0.719. The van der Waals surface area contributed by atoms with Crippen LogP contribution in [0.4, 0.5) is 15.9 Å². The summed E-state index contributed by atoms with van der Waals surface area (Å²) in [4.78, 5) is 17.8. The van der Waals surface area contributed by atoms with Gasteiger partial charge in [0, 0.05) is 49.1 Å². The molecule has 5 nitrogen and oxygen atoms in total. The van der Waals surface area contributed by atoms with Crippen molar-refractivity contribution in [2.75, 3.05) is 36.0 Å². The molecule has 0 bridgehead atoms. The second-order valence-electron chi connectivity index (χ2n) is 6.38. The van der Waals surface area contributed by atoms with Gasteiger partial charge in [0.25, 0.3) is 0 Å². The van der Waals surface area contributed by atoms with Crippen molar-refractivity contribution < 1.29 is 4.39 Å². The van der Waals surface area contributed by atoms with Crippen molar-refractivity contribution in [3.05, 3.63) is 53.9 Å². The van der Waals surface area contributed by atoms with E-state index in [-0.39, 0.29) is 5.82 Å². The topological polar surface area (TPSA) is 45.2 Å². The summed E-state index contributed by atoms with van der Waals surface area (Å²) < 4.78 is 13.7. The van der Waals surface area contributed by atoms with E-state index in [1.54, 1.807) is 18.3 Å². The molecule has 0 aliphatic carbocycles. The first-order valence-corrected chi connectivity index (χ1v) is 8.46. The molecular weight excluding hydrogens is 317 g/mol. The van der Waals surface area contributed by atoms with Crippen LogP contribution in [0.2, 0.25) is 0 Å². The molecule has 2 aromatic heterocycles. The lowest BCUT2D eigenvalue weighted by atomic mass is 10.1. The summed E-state index contributed by atoms with van der Waals surface area (Å²) in [5.41, 5.74) is 2.84. The van der Waals surface area contributed by atoms with Gasteiger partial charge in [0.1, 0.15) is 17.5 Å². The Hall–Kier alpha value is -2.76. The van der Waals surface area contributed by atoms with Crippen molar-refractivity contribution in [2.24, 2.45) is 0 Å². The van der Waals surface area contributed by atoms with Gasteiger partial charge in [-0.15, -0.1) is 0 Å². The van der Waals surface area contributed by atoms with Gasteiger partial charge in [-0.05, 0) is 44.2 Å². The first-order chi connectivity index (χ1) is 12.1. The molecule has 1 aliphatic rings. The Morgan fingerprint density at radius 2 is 1.68 bits per heavy atom. The van der Waals surface area contributed by atoms with E-state index in [1.165, 1.54) is 6.07 Å². The van der Waals surface area contributed by atoms with E-state index in [2.05, 4.69) is 24.8 Å². The Bertz CT molecular complexity index is 919. The van der Waals surface area contributed by atoms with Gasteiger partial charge in [-0.2, -0.15) is 0 Å². The zero-order chi connectivity index (χ0) is 17.4. The summed E-state index contributed by atoms with van der Waals surface area (Å²) in [6, 6.07) is 8.79. The highest BCUT2D eigenvalue weighted by atomic mass is 19.1. The molecule has 0 spiro atoms. The van der Waals surface area contributed by atoms with Crippen molar-refractivity contribution in [1.82, 2.24) is 15.0 Å². The first kappa shape index (κ1) is 15.7. The third kappa shape index (κ3) is 3.12. The highest BCUT2D eigenvalue weighted by Crippen LogP contribution is 2.29. The number of fused-ring (bicyclic) bond motifs is 1. The van der Waals surface area contributed by atoms with Crippen LogP contribution in [0.1, 0.15) is 11.5 Å². The van der Waals surface area contributed by atoms with E-state index in [0.29, 0.717) is 0 Å². The molecule has 0 N–H and O–H groups in total. The first-order valence-electron chi connectivity index (χ1n) is 8.46. The molecule has 1 aromatic carbocycles. The zero-order valence-electron chi connectivity index (χ0n) is 14.4. The van der Waals surface area contributed by atoms with E-state index >= 15 is 0 Å². The van der Waals surface area contributed by atoms with Crippen LogP contribution in [0.5, 0.6) is 0 Å². The Morgan fingerprint density at radius 1 is 0.920 bits per heavy atom. The monoisotopic (exact) mass is 337 g/mol. The summed E-state index contributed by atoms with van der Waals surface area (Å²) in [6.07, 6.45) is 1.80. The van der Waals surface area contributed by atoms with Gasteiger partial charge in [-0.3, -0.25) is 4.98 Å². The van der Waals surface area contributed by atoms with E-state index in [9.17, 15) is 4.39 Å². The fraction of sp³-hybridized carbons (Fsp3) is 0.316. The van der Waals surface area contributed by atoms with Crippen molar-refractivity contribution in [1.29, 1.82) is 0 Å². The predicted octanol–water partition coefficient (Wildman–Crippen LogP) is 3.11. The molecule has 0 atom stereocenters. The molecule has 0 amide bonds. The average molecular weight is 337 g/mol. The van der Waals surface area contributed by atoms with Crippen LogP contribution in [0.25, 0.3) is 10.9 Å². The lowest BCUT2D eigenvalue weighted by molar-refractivity contribution is 0.628. The molecule has 1 aliphatic heterocycles. The van der Waals surface area contributed by atoms with Crippen LogP contribution in [0, 0.1) is 19.7 Å². The minimum absolute atomic E-state index is 0.227. The van der Waals surface area contributed by atoms with Crippen molar-refractivity contribution in [3.63, 3.8) is 0 Å². The van der Waals surface area contributed by atoms with E-state index in [4.69, 9.17) is 0 Å². The maximum absolute atomic E-state index is 13.7. The summed E-state index contributed by atoms with van der Waals surface area (Å²) in [6.45, 7) is 7.34. The number of aromatic nitrogens is 3. The second-order valence-corrected chi connectivity index (χ2v) is 6.38. The number of benzene rings is 1. The minimum atomic E-state index is -0.227. The standard InChI is InChI=1S/C19H20FN5/c1-13-11-18(16-12-15(20)3-4-17(16)22-13)24-7-9-25(10-8-24)19-5-6-21-14(2)23-19/h3-6,11-12H,7-10H2,1-2H3. The number of piperazine rings is 1. The molecule has 0 radical (unpaired) electrons. The maximum Gasteiger partial charge on any atom is 0.132 e. The molecule has 0 saturated carbocycles. The SMILES string of the molecule is Cc1cc(N2CCN(c3ccnc(C)n3)CC2)c2cc(F)ccc2n1. The normalized spacial score (nSPS) is 15.0. The smallest absolute Gasteiger partial charge is 0.132 e. The summed E-state index contributed by atoms with van der Waals surface area (Å²) in [5.74, 6) is 1.52. The molecule has 25 heavy (non-hydrogen) atoms. The number of hydrogen-bond acceptors (Lipinski definition) is 5. The number of halogens is 1. The molecule has 4 rings (SSSR count).